The van der Waals surface area contributed by atoms with Gasteiger partial charge in [0, 0.05) is 18.3 Å². The van der Waals surface area contributed by atoms with Crippen molar-refractivity contribution >= 4 is 21.6 Å². The molecular formula is C13H18BrFN2. The Morgan fingerprint density at radius 2 is 2.29 bits per heavy atom. The summed E-state index contributed by atoms with van der Waals surface area (Å²) in [6.45, 7) is 2.11. The van der Waals surface area contributed by atoms with E-state index < -0.39 is 0 Å². The van der Waals surface area contributed by atoms with Gasteiger partial charge in [-0.1, -0.05) is 6.42 Å². The first-order valence-electron chi connectivity index (χ1n) is 6.06. The van der Waals surface area contributed by atoms with E-state index in [4.69, 9.17) is 0 Å². The van der Waals surface area contributed by atoms with E-state index in [2.05, 4.69) is 33.2 Å². The largest absolute Gasteiger partial charge is 0.383 e. The van der Waals surface area contributed by atoms with Crippen molar-refractivity contribution in [3.05, 3.63) is 28.5 Å². The first-order valence-corrected chi connectivity index (χ1v) is 6.85. The Bertz CT molecular complexity index is 384. The molecule has 1 heterocycles. The molecule has 1 unspecified atom stereocenters. The summed E-state index contributed by atoms with van der Waals surface area (Å²) >= 11 is 3.20. The number of nitrogens with one attached hydrogen (secondary N) is 1. The number of likely N-dealkylation sites (tertiary alicyclic amines) is 1. The summed E-state index contributed by atoms with van der Waals surface area (Å²) in [5.41, 5.74) is 0.970. The van der Waals surface area contributed by atoms with E-state index in [1.807, 2.05) is 0 Å². The molecule has 17 heavy (non-hydrogen) atoms. The van der Waals surface area contributed by atoms with Crippen molar-refractivity contribution in [2.75, 3.05) is 25.5 Å². The Balaban J connectivity index is 1.90. The van der Waals surface area contributed by atoms with Crippen LogP contribution in [0.4, 0.5) is 10.1 Å². The van der Waals surface area contributed by atoms with E-state index in [0.717, 1.165) is 12.2 Å². The Morgan fingerprint density at radius 1 is 1.47 bits per heavy atom. The van der Waals surface area contributed by atoms with Gasteiger partial charge in [-0.25, -0.2) is 4.39 Å². The van der Waals surface area contributed by atoms with Crippen molar-refractivity contribution < 1.29 is 4.39 Å². The molecule has 0 radical (unpaired) electrons. The first kappa shape index (κ1) is 12.8. The molecule has 1 saturated heterocycles. The van der Waals surface area contributed by atoms with Crippen LogP contribution in [0.5, 0.6) is 0 Å². The standard InChI is InChI=1S/C13H18BrFN2/c1-17-7-3-2-4-11(17)9-16-10-5-6-13(15)12(14)8-10/h5-6,8,11,16H,2-4,7,9H2,1H3. The molecule has 2 rings (SSSR count). The van der Waals surface area contributed by atoms with Gasteiger partial charge >= 0.3 is 0 Å². The van der Waals surface area contributed by atoms with E-state index in [1.165, 1.54) is 31.9 Å². The van der Waals surface area contributed by atoms with Crippen LogP contribution in [0.1, 0.15) is 19.3 Å². The highest BCUT2D eigenvalue weighted by Gasteiger charge is 2.18. The van der Waals surface area contributed by atoms with Crippen molar-refractivity contribution in [3.8, 4) is 0 Å². The summed E-state index contributed by atoms with van der Waals surface area (Å²) in [7, 11) is 2.17. The van der Waals surface area contributed by atoms with E-state index >= 15 is 0 Å². The average Bonchev–Trinajstić information content (AvgIpc) is 2.32. The van der Waals surface area contributed by atoms with Gasteiger partial charge in [0.05, 0.1) is 4.47 Å². The molecule has 94 valence electrons. The number of halogens is 2. The van der Waals surface area contributed by atoms with Gasteiger partial charge in [0.25, 0.3) is 0 Å². The second kappa shape index (κ2) is 5.83. The van der Waals surface area contributed by atoms with Crippen LogP contribution < -0.4 is 5.32 Å². The molecule has 0 aromatic heterocycles. The number of benzene rings is 1. The third kappa shape index (κ3) is 3.42. The van der Waals surface area contributed by atoms with Crippen molar-refractivity contribution in [3.63, 3.8) is 0 Å². The normalized spacial score (nSPS) is 21.5. The fraction of sp³-hybridized carbons (Fsp3) is 0.538. The third-order valence-corrected chi connectivity index (χ3v) is 3.99. The molecule has 1 aromatic rings. The molecule has 0 amide bonds. The minimum absolute atomic E-state index is 0.217. The zero-order chi connectivity index (χ0) is 12.3. The molecule has 0 aliphatic carbocycles. The van der Waals surface area contributed by atoms with Crippen molar-refractivity contribution in [1.29, 1.82) is 0 Å². The average molecular weight is 301 g/mol. The van der Waals surface area contributed by atoms with Crippen molar-refractivity contribution in [2.24, 2.45) is 0 Å². The summed E-state index contributed by atoms with van der Waals surface area (Å²) < 4.78 is 13.6. The van der Waals surface area contributed by atoms with Crippen LogP contribution in [0.3, 0.4) is 0 Å². The fourth-order valence-corrected chi connectivity index (χ4v) is 2.62. The molecule has 0 spiro atoms. The van der Waals surface area contributed by atoms with Crippen molar-refractivity contribution in [2.45, 2.75) is 25.3 Å². The lowest BCUT2D eigenvalue weighted by atomic mass is 10.0. The lowest BCUT2D eigenvalue weighted by molar-refractivity contribution is 0.194. The Kier molecular flexibility index (Phi) is 4.40. The monoisotopic (exact) mass is 300 g/mol. The van der Waals surface area contributed by atoms with E-state index in [0.29, 0.717) is 10.5 Å². The highest BCUT2D eigenvalue weighted by Crippen LogP contribution is 2.21. The number of likely N-dealkylation sites (N-methyl/N-ethyl adjacent to an activating group) is 1. The molecule has 1 aromatic carbocycles. The summed E-state index contributed by atoms with van der Waals surface area (Å²) in [6.07, 6.45) is 3.85. The van der Waals surface area contributed by atoms with Gasteiger partial charge in [-0.15, -0.1) is 0 Å². The van der Waals surface area contributed by atoms with Gasteiger partial charge in [-0.2, -0.15) is 0 Å². The maximum Gasteiger partial charge on any atom is 0.137 e. The summed E-state index contributed by atoms with van der Waals surface area (Å²) in [4.78, 5) is 2.40. The SMILES string of the molecule is CN1CCCCC1CNc1ccc(F)c(Br)c1. The van der Waals surface area contributed by atoms with E-state index in [-0.39, 0.29) is 5.82 Å². The maximum atomic E-state index is 13.1. The number of hydrogen-bond donors (Lipinski definition) is 1. The molecule has 1 atom stereocenters. The first-order chi connectivity index (χ1) is 8.16. The topological polar surface area (TPSA) is 15.3 Å². The lowest BCUT2D eigenvalue weighted by Gasteiger charge is -2.32. The van der Waals surface area contributed by atoms with E-state index in [1.54, 1.807) is 12.1 Å². The Morgan fingerprint density at radius 3 is 3.00 bits per heavy atom. The van der Waals surface area contributed by atoms with Crippen LogP contribution in [-0.2, 0) is 0 Å². The molecular weight excluding hydrogens is 283 g/mol. The zero-order valence-corrected chi connectivity index (χ0v) is 11.6. The highest BCUT2D eigenvalue weighted by atomic mass is 79.9. The number of rotatable bonds is 3. The van der Waals surface area contributed by atoms with Gasteiger partial charge in [0.15, 0.2) is 0 Å². The maximum absolute atomic E-state index is 13.1. The smallest absolute Gasteiger partial charge is 0.137 e. The van der Waals surface area contributed by atoms with Crippen LogP contribution in [0, 0.1) is 5.82 Å². The number of anilines is 1. The van der Waals surface area contributed by atoms with Gasteiger partial charge in [-0.05, 0) is 60.6 Å². The van der Waals surface area contributed by atoms with Crippen LogP contribution in [0.25, 0.3) is 0 Å². The molecule has 4 heteroatoms. The van der Waals surface area contributed by atoms with Gasteiger partial charge in [0.2, 0.25) is 0 Å². The fourth-order valence-electron chi connectivity index (χ4n) is 2.24. The number of piperidine rings is 1. The number of nitrogens with zero attached hydrogens (tertiary/aromatic N) is 1. The zero-order valence-electron chi connectivity index (χ0n) is 10.0. The van der Waals surface area contributed by atoms with Gasteiger partial charge < -0.3 is 10.2 Å². The number of hydrogen-bond acceptors (Lipinski definition) is 2. The molecule has 1 N–H and O–H groups in total. The predicted octanol–water partition coefficient (Wildman–Crippen LogP) is 3.48. The molecule has 1 aliphatic rings. The second-order valence-electron chi connectivity index (χ2n) is 4.64. The quantitative estimate of drug-likeness (QED) is 0.919. The predicted molar refractivity (Wildman–Crippen MR) is 72.9 cm³/mol. The van der Waals surface area contributed by atoms with Crippen LogP contribution in [0.2, 0.25) is 0 Å². The van der Waals surface area contributed by atoms with Crippen molar-refractivity contribution in [1.82, 2.24) is 4.90 Å². The molecule has 2 nitrogen and oxygen atoms in total. The molecule has 1 aliphatic heterocycles. The second-order valence-corrected chi connectivity index (χ2v) is 5.49. The van der Waals surface area contributed by atoms with Gasteiger partial charge in [-0.3, -0.25) is 0 Å². The minimum atomic E-state index is -0.217. The Labute approximate surface area is 110 Å². The molecule has 1 fully saturated rings. The third-order valence-electron chi connectivity index (χ3n) is 3.38. The summed E-state index contributed by atoms with van der Waals surface area (Å²) in [5.74, 6) is -0.217. The Hall–Kier alpha value is -0.610. The summed E-state index contributed by atoms with van der Waals surface area (Å²) in [6, 6.07) is 5.64. The van der Waals surface area contributed by atoms with Crippen LogP contribution >= 0.6 is 15.9 Å². The lowest BCUT2D eigenvalue weighted by Crippen LogP contribution is -2.40. The van der Waals surface area contributed by atoms with Crippen LogP contribution in [-0.4, -0.2) is 31.1 Å². The molecule has 0 saturated carbocycles. The summed E-state index contributed by atoms with van der Waals surface area (Å²) in [5, 5.41) is 3.37. The van der Waals surface area contributed by atoms with E-state index in [9.17, 15) is 4.39 Å². The van der Waals surface area contributed by atoms with Crippen LogP contribution in [0.15, 0.2) is 22.7 Å². The van der Waals surface area contributed by atoms with Gasteiger partial charge in [0.1, 0.15) is 5.82 Å². The molecule has 0 bridgehead atoms. The minimum Gasteiger partial charge on any atom is -0.383 e. The highest BCUT2D eigenvalue weighted by molar-refractivity contribution is 9.10.